The fourth-order valence-electron chi connectivity index (χ4n) is 4.74. The van der Waals surface area contributed by atoms with E-state index in [1.54, 1.807) is 9.47 Å². The second kappa shape index (κ2) is 8.30. The summed E-state index contributed by atoms with van der Waals surface area (Å²) < 4.78 is 44.1. The van der Waals surface area contributed by atoms with Gasteiger partial charge in [0.1, 0.15) is 12.4 Å². The molecule has 0 spiro atoms. The van der Waals surface area contributed by atoms with E-state index in [1.165, 1.54) is 15.0 Å². The number of piperidine rings is 1. The van der Waals surface area contributed by atoms with E-state index in [4.69, 9.17) is 0 Å². The number of likely N-dealkylation sites (tertiary alicyclic amines) is 1. The first-order chi connectivity index (χ1) is 16.3. The first kappa shape index (κ1) is 22.2. The molecular formula is C23H23F3N6O2. The molecular weight excluding hydrogens is 449 g/mol. The molecule has 4 heterocycles. The lowest BCUT2D eigenvalue weighted by molar-refractivity contribution is -0.138. The van der Waals surface area contributed by atoms with Crippen molar-refractivity contribution in [3.8, 4) is 0 Å². The zero-order valence-electron chi connectivity index (χ0n) is 18.5. The number of hydrogen-bond donors (Lipinski definition) is 0. The number of carbonyl (C=O) groups is 1. The van der Waals surface area contributed by atoms with E-state index in [1.807, 2.05) is 31.2 Å². The minimum absolute atomic E-state index is 0.0993. The second-order valence-corrected chi connectivity index (χ2v) is 8.48. The summed E-state index contributed by atoms with van der Waals surface area (Å²) in [5, 5.41) is 8.15. The zero-order chi connectivity index (χ0) is 24.0. The Morgan fingerprint density at radius 1 is 1.09 bits per heavy atom. The molecule has 0 aliphatic carbocycles. The van der Waals surface area contributed by atoms with Crippen molar-refractivity contribution in [3.05, 3.63) is 64.5 Å². The van der Waals surface area contributed by atoms with Crippen LogP contribution in [0, 0.1) is 0 Å². The van der Waals surface area contributed by atoms with Gasteiger partial charge in [-0.1, -0.05) is 12.1 Å². The Morgan fingerprint density at radius 3 is 2.53 bits per heavy atom. The van der Waals surface area contributed by atoms with E-state index in [0.717, 1.165) is 17.8 Å². The van der Waals surface area contributed by atoms with Crippen LogP contribution < -0.4 is 5.69 Å². The third kappa shape index (κ3) is 3.74. The van der Waals surface area contributed by atoms with Crippen molar-refractivity contribution in [2.75, 3.05) is 13.1 Å². The summed E-state index contributed by atoms with van der Waals surface area (Å²) in [7, 11) is 0. The first-order valence-electron chi connectivity index (χ1n) is 11.2. The third-order valence-corrected chi connectivity index (χ3v) is 6.43. The number of para-hydroxylation sites is 2. The molecule has 1 amide bonds. The molecule has 0 bridgehead atoms. The third-order valence-electron chi connectivity index (χ3n) is 6.43. The van der Waals surface area contributed by atoms with Gasteiger partial charge >= 0.3 is 11.9 Å². The van der Waals surface area contributed by atoms with Gasteiger partial charge in [-0.15, -0.1) is 10.2 Å². The lowest BCUT2D eigenvalue weighted by Gasteiger charge is -2.32. The Bertz CT molecular complexity index is 1430. The highest BCUT2D eigenvalue weighted by Crippen LogP contribution is 2.31. The highest BCUT2D eigenvalue weighted by molar-refractivity contribution is 5.81. The van der Waals surface area contributed by atoms with Crippen LogP contribution in [0.4, 0.5) is 13.2 Å². The van der Waals surface area contributed by atoms with E-state index >= 15 is 0 Å². The number of pyridine rings is 1. The van der Waals surface area contributed by atoms with Crippen LogP contribution in [0.1, 0.15) is 37.1 Å². The summed E-state index contributed by atoms with van der Waals surface area (Å²) in [6.45, 7) is 3.09. The topological polar surface area (TPSA) is 77.4 Å². The van der Waals surface area contributed by atoms with Gasteiger partial charge < -0.3 is 4.90 Å². The number of amides is 1. The summed E-state index contributed by atoms with van der Waals surface area (Å²) in [6, 6.07) is 9.61. The van der Waals surface area contributed by atoms with E-state index in [0.29, 0.717) is 49.5 Å². The van der Waals surface area contributed by atoms with Gasteiger partial charge in [0.25, 0.3) is 0 Å². The number of alkyl halides is 3. The molecule has 1 fully saturated rings. The molecule has 1 unspecified atom stereocenters. The van der Waals surface area contributed by atoms with Crippen molar-refractivity contribution in [2.45, 2.75) is 44.9 Å². The number of nitrogens with zero attached hydrogens (tertiary/aromatic N) is 6. The number of halogens is 3. The molecule has 1 atom stereocenters. The predicted molar refractivity (Wildman–Crippen MR) is 118 cm³/mol. The van der Waals surface area contributed by atoms with Gasteiger partial charge in [0.15, 0.2) is 5.65 Å². The van der Waals surface area contributed by atoms with Crippen LogP contribution in [0.15, 0.2) is 47.4 Å². The van der Waals surface area contributed by atoms with Crippen molar-refractivity contribution in [3.63, 3.8) is 0 Å². The molecule has 1 saturated heterocycles. The summed E-state index contributed by atoms with van der Waals surface area (Å²) in [5.74, 6) is -0.0705. The molecule has 3 aromatic heterocycles. The monoisotopic (exact) mass is 472 g/mol. The van der Waals surface area contributed by atoms with Crippen molar-refractivity contribution >= 4 is 22.6 Å². The van der Waals surface area contributed by atoms with Gasteiger partial charge in [-0.3, -0.25) is 18.3 Å². The van der Waals surface area contributed by atoms with E-state index in [2.05, 4.69) is 10.2 Å². The number of carbonyl (C=O) groups excluding carboxylic acids is 1. The minimum atomic E-state index is -4.48. The second-order valence-electron chi connectivity index (χ2n) is 8.48. The Kier molecular flexibility index (Phi) is 5.41. The lowest BCUT2D eigenvalue weighted by Crippen LogP contribution is -2.42. The largest absolute Gasteiger partial charge is 0.417 e. The van der Waals surface area contributed by atoms with Crippen LogP contribution in [0.3, 0.4) is 0 Å². The van der Waals surface area contributed by atoms with Crippen molar-refractivity contribution in [1.82, 2.24) is 28.6 Å². The summed E-state index contributed by atoms with van der Waals surface area (Å²) >= 11 is 0. The number of imidazole rings is 1. The zero-order valence-corrected chi connectivity index (χ0v) is 18.5. The number of rotatable bonds is 4. The quantitative estimate of drug-likeness (QED) is 0.457. The average molecular weight is 472 g/mol. The molecule has 11 heteroatoms. The highest BCUT2D eigenvalue weighted by atomic mass is 19.4. The Labute approximate surface area is 192 Å². The molecule has 0 N–H and O–H groups in total. The minimum Gasteiger partial charge on any atom is -0.340 e. The van der Waals surface area contributed by atoms with Crippen molar-refractivity contribution in [1.29, 1.82) is 0 Å². The molecule has 4 aromatic rings. The fraction of sp³-hybridized carbons (Fsp3) is 0.391. The summed E-state index contributed by atoms with van der Waals surface area (Å²) in [6.07, 6.45) is -2.12. The maximum Gasteiger partial charge on any atom is 0.417 e. The van der Waals surface area contributed by atoms with E-state index in [9.17, 15) is 22.8 Å². The standard InChI is InChI=1S/C23H23F3N6O2/c1-2-30-17-7-3-4-8-18(17)31(22(30)34)14-20(33)29-11-5-6-15(12-29)21-28-27-19-10-9-16(13-32(19)21)23(24,25)26/h3-4,7-10,13,15H,2,5-6,11-12,14H2,1H3. The molecule has 178 valence electrons. The molecule has 5 rings (SSSR count). The normalized spacial score (nSPS) is 17.1. The molecule has 1 aliphatic rings. The lowest BCUT2D eigenvalue weighted by atomic mass is 9.97. The number of benzene rings is 1. The van der Waals surface area contributed by atoms with Crippen LogP contribution in [0.2, 0.25) is 0 Å². The smallest absolute Gasteiger partial charge is 0.340 e. The van der Waals surface area contributed by atoms with Crippen LogP contribution in [-0.2, 0) is 24.1 Å². The van der Waals surface area contributed by atoms with Crippen molar-refractivity contribution in [2.24, 2.45) is 0 Å². The van der Waals surface area contributed by atoms with Gasteiger partial charge in [0.05, 0.1) is 16.6 Å². The van der Waals surface area contributed by atoms with Crippen LogP contribution in [0.5, 0.6) is 0 Å². The maximum atomic E-state index is 13.2. The molecule has 1 aromatic carbocycles. The van der Waals surface area contributed by atoms with Crippen molar-refractivity contribution < 1.29 is 18.0 Å². The van der Waals surface area contributed by atoms with E-state index in [-0.39, 0.29) is 24.1 Å². The molecule has 0 radical (unpaired) electrons. The first-order valence-corrected chi connectivity index (χ1v) is 11.2. The van der Waals surface area contributed by atoms with Gasteiger partial charge in [-0.25, -0.2) is 4.79 Å². The molecule has 1 aliphatic heterocycles. The fourth-order valence-corrected chi connectivity index (χ4v) is 4.74. The number of aryl methyl sites for hydroxylation is 1. The van der Waals surface area contributed by atoms with Crippen LogP contribution in [-0.4, -0.2) is 47.6 Å². The summed E-state index contributed by atoms with van der Waals surface area (Å²) in [4.78, 5) is 27.7. The predicted octanol–water partition coefficient (Wildman–Crippen LogP) is 3.29. The molecule has 0 saturated carbocycles. The number of fused-ring (bicyclic) bond motifs is 2. The Hall–Kier alpha value is -3.63. The average Bonchev–Trinajstić information content (AvgIpc) is 3.37. The molecule has 34 heavy (non-hydrogen) atoms. The van der Waals surface area contributed by atoms with Crippen LogP contribution >= 0.6 is 0 Å². The van der Waals surface area contributed by atoms with E-state index < -0.39 is 11.7 Å². The Balaban J connectivity index is 1.41. The molecule has 8 nitrogen and oxygen atoms in total. The maximum absolute atomic E-state index is 13.2. The summed E-state index contributed by atoms with van der Waals surface area (Å²) in [5.41, 5.74) is 0.768. The SMILES string of the molecule is CCn1c(=O)n(CC(=O)N2CCCC(c3nnc4ccc(C(F)(F)F)cn34)C2)c2ccccc21. The van der Waals surface area contributed by atoms with Gasteiger partial charge in [-0.05, 0) is 44.0 Å². The Morgan fingerprint density at radius 2 is 1.82 bits per heavy atom. The highest BCUT2D eigenvalue weighted by Gasteiger charge is 2.33. The number of aromatic nitrogens is 5. The van der Waals surface area contributed by atoms with Crippen LogP contribution in [0.25, 0.3) is 16.7 Å². The van der Waals surface area contributed by atoms with Gasteiger partial charge in [0.2, 0.25) is 5.91 Å². The number of hydrogen-bond acceptors (Lipinski definition) is 4. The van der Waals surface area contributed by atoms with Gasteiger partial charge in [-0.2, -0.15) is 13.2 Å². The van der Waals surface area contributed by atoms with Gasteiger partial charge in [0, 0.05) is 31.7 Å².